The lowest BCUT2D eigenvalue weighted by Crippen LogP contribution is -1.94. The molecule has 0 nitrogen and oxygen atoms in total. The van der Waals surface area contributed by atoms with Gasteiger partial charge in [0.15, 0.2) is 0 Å². The quantitative estimate of drug-likeness (QED) is 0.517. The number of thiophene rings is 1. The van der Waals surface area contributed by atoms with Crippen molar-refractivity contribution in [1.29, 1.82) is 0 Å². The highest BCUT2D eigenvalue weighted by atomic mass is 35.5. The molecule has 0 fully saturated rings. The largest absolute Gasteiger partial charge is 0.139 e. The van der Waals surface area contributed by atoms with Crippen LogP contribution in [0.25, 0.3) is 10.1 Å². The van der Waals surface area contributed by atoms with Crippen LogP contribution in [0.15, 0.2) is 48.5 Å². The van der Waals surface area contributed by atoms with Crippen molar-refractivity contribution in [2.75, 3.05) is 0 Å². The maximum Gasteiger partial charge on any atom is 0.0719 e. The van der Waals surface area contributed by atoms with Gasteiger partial charge in [0.1, 0.15) is 0 Å². The third-order valence-corrected chi connectivity index (χ3v) is 5.49. The zero-order valence-electron chi connectivity index (χ0n) is 11.7. The van der Waals surface area contributed by atoms with Gasteiger partial charge in [0.2, 0.25) is 0 Å². The first kappa shape index (κ1) is 13.7. The normalized spacial score (nSPS) is 12.8. The summed E-state index contributed by atoms with van der Waals surface area (Å²) in [6.07, 6.45) is 0.884. The molecule has 1 heterocycles. The Labute approximate surface area is 129 Å². The summed E-state index contributed by atoms with van der Waals surface area (Å²) in [5.74, 6) is 0. The fraction of sp³-hybridized carbons (Fsp3) is 0.222. The van der Waals surface area contributed by atoms with E-state index in [-0.39, 0.29) is 5.38 Å². The van der Waals surface area contributed by atoms with Gasteiger partial charge in [-0.3, -0.25) is 0 Å². The SMILES string of the molecule is Cc1ccc(CC(Cl)c2cc3ccccc3s2)cc1C. The molecular formula is C18H17ClS. The standard InChI is InChI=1S/C18H17ClS/c1-12-7-8-14(9-13(12)2)10-16(19)18-11-15-5-3-4-6-17(15)20-18/h3-9,11,16H,10H2,1-2H3. The van der Waals surface area contributed by atoms with Crippen LogP contribution in [-0.4, -0.2) is 0 Å². The van der Waals surface area contributed by atoms with Crippen LogP contribution in [0.4, 0.5) is 0 Å². The number of rotatable bonds is 3. The lowest BCUT2D eigenvalue weighted by Gasteiger charge is -2.09. The Balaban J connectivity index is 1.84. The molecule has 1 aromatic heterocycles. The fourth-order valence-electron chi connectivity index (χ4n) is 2.39. The topological polar surface area (TPSA) is 0 Å². The van der Waals surface area contributed by atoms with Crippen molar-refractivity contribution in [2.45, 2.75) is 25.6 Å². The summed E-state index contributed by atoms with van der Waals surface area (Å²) >= 11 is 8.41. The fourth-order valence-corrected chi connectivity index (χ4v) is 3.81. The molecule has 0 aliphatic rings. The molecule has 2 heteroatoms. The summed E-state index contributed by atoms with van der Waals surface area (Å²) in [6, 6.07) is 17.3. The zero-order valence-corrected chi connectivity index (χ0v) is 13.3. The Hall–Kier alpha value is -1.31. The minimum absolute atomic E-state index is 0.0505. The number of benzene rings is 2. The Bertz CT molecular complexity index is 709. The number of alkyl halides is 1. The van der Waals surface area contributed by atoms with Gasteiger partial charge in [-0.05, 0) is 54.5 Å². The van der Waals surface area contributed by atoms with E-state index in [1.165, 1.54) is 31.7 Å². The molecule has 1 atom stereocenters. The monoisotopic (exact) mass is 300 g/mol. The molecule has 0 spiro atoms. The lowest BCUT2D eigenvalue weighted by atomic mass is 10.0. The van der Waals surface area contributed by atoms with Crippen molar-refractivity contribution in [3.05, 3.63) is 70.1 Å². The predicted molar refractivity (Wildman–Crippen MR) is 90.0 cm³/mol. The Kier molecular flexibility index (Phi) is 3.82. The molecule has 0 radical (unpaired) electrons. The molecule has 3 rings (SSSR count). The maximum atomic E-state index is 6.61. The van der Waals surface area contributed by atoms with Crippen LogP contribution in [0.2, 0.25) is 0 Å². The van der Waals surface area contributed by atoms with Crippen molar-refractivity contribution >= 4 is 33.0 Å². The first-order valence-corrected chi connectivity index (χ1v) is 8.07. The van der Waals surface area contributed by atoms with Gasteiger partial charge in [-0.15, -0.1) is 22.9 Å². The number of aryl methyl sites for hydroxylation is 2. The molecule has 0 amide bonds. The van der Waals surface area contributed by atoms with Gasteiger partial charge in [0.25, 0.3) is 0 Å². The smallest absolute Gasteiger partial charge is 0.0719 e. The number of halogens is 1. The van der Waals surface area contributed by atoms with Crippen molar-refractivity contribution in [2.24, 2.45) is 0 Å². The molecule has 20 heavy (non-hydrogen) atoms. The molecule has 2 aromatic carbocycles. The summed E-state index contributed by atoms with van der Waals surface area (Å²) in [5.41, 5.74) is 3.98. The van der Waals surface area contributed by atoms with Gasteiger partial charge in [0.05, 0.1) is 5.38 Å². The van der Waals surface area contributed by atoms with Crippen molar-refractivity contribution in [3.63, 3.8) is 0 Å². The zero-order chi connectivity index (χ0) is 14.1. The van der Waals surface area contributed by atoms with E-state index in [0.717, 1.165) is 6.42 Å². The molecule has 0 saturated carbocycles. The van der Waals surface area contributed by atoms with E-state index >= 15 is 0 Å². The van der Waals surface area contributed by atoms with Gasteiger partial charge in [-0.1, -0.05) is 36.4 Å². The highest BCUT2D eigenvalue weighted by Crippen LogP contribution is 2.35. The highest BCUT2D eigenvalue weighted by molar-refractivity contribution is 7.19. The Morgan fingerprint density at radius 2 is 1.80 bits per heavy atom. The Morgan fingerprint density at radius 1 is 1.00 bits per heavy atom. The van der Waals surface area contributed by atoms with Crippen LogP contribution in [-0.2, 0) is 6.42 Å². The van der Waals surface area contributed by atoms with Crippen molar-refractivity contribution < 1.29 is 0 Å². The molecule has 0 N–H and O–H groups in total. The number of hydrogen-bond donors (Lipinski definition) is 0. The molecule has 0 saturated heterocycles. The molecular weight excluding hydrogens is 284 g/mol. The van der Waals surface area contributed by atoms with Gasteiger partial charge in [-0.25, -0.2) is 0 Å². The van der Waals surface area contributed by atoms with E-state index < -0.39 is 0 Å². The van der Waals surface area contributed by atoms with E-state index in [0.29, 0.717) is 0 Å². The predicted octanol–water partition coefficient (Wildman–Crippen LogP) is 6.04. The van der Waals surface area contributed by atoms with E-state index in [1.54, 1.807) is 11.3 Å². The first-order chi connectivity index (χ1) is 9.63. The Morgan fingerprint density at radius 3 is 2.55 bits per heavy atom. The van der Waals surface area contributed by atoms with Crippen LogP contribution in [0.1, 0.15) is 26.9 Å². The number of hydrogen-bond acceptors (Lipinski definition) is 1. The highest BCUT2D eigenvalue weighted by Gasteiger charge is 2.12. The van der Waals surface area contributed by atoms with E-state index in [9.17, 15) is 0 Å². The van der Waals surface area contributed by atoms with Crippen LogP contribution in [0.5, 0.6) is 0 Å². The van der Waals surface area contributed by atoms with Crippen LogP contribution in [0, 0.1) is 13.8 Å². The molecule has 0 aliphatic carbocycles. The molecule has 1 unspecified atom stereocenters. The van der Waals surface area contributed by atoms with Gasteiger partial charge in [-0.2, -0.15) is 0 Å². The van der Waals surface area contributed by atoms with Crippen LogP contribution < -0.4 is 0 Å². The molecule has 0 bridgehead atoms. The summed E-state index contributed by atoms with van der Waals surface area (Å²) < 4.78 is 1.31. The summed E-state index contributed by atoms with van der Waals surface area (Å²) in [7, 11) is 0. The van der Waals surface area contributed by atoms with Gasteiger partial charge in [0, 0.05) is 9.58 Å². The number of fused-ring (bicyclic) bond motifs is 1. The molecule has 3 aromatic rings. The van der Waals surface area contributed by atoms with Crippen molar-refractivity contribution in [1.82, 2.24) is 0 Å². The lowest BCUT2D eigenvalue weighted by molar-refractivity contribution is 0.937. The van der Waals surface area contributed by atoms with E-state index in [1.807, 2.05) is 0 Å². The van der Waals surface area contributed by atoms with Gasteiger partial charge >= 0.3 is 0 Å². The minimum Gasteiger partial charge on any atom is -0.139 e. The summed E-state index contributed by atoms with van der Waals surface area (Å²) in [6.45, 7) is 4.30. The molecule has 102 valence electrons. The van der Waals surface area contributed by atoms with Gasteiger partial charge < -0.3 is 0 Å². The second-order valence-electron chi connectivity index (χ2n) is 5.28. The summed E-state index contributed by atoms with van der Waals surface area (Å²) in [5, 5.41) is 1.34. The van der Waals surface area contributed by atoms with E-state index in [4.69, 9.17) is 11.6 Å². The van der Waals surface area contributed by atoms with Crippen molar-refractivity contribution in [3.8, 4) is 0 Å². The average molecular weight is 301 g/mol. The maximum absolute atomic E-state index is 6.61. The third kappa shape index (κ3) is 2.74. The third-order valence-electron chi connectivity index (χ3n) is 3.74. The second-order valence-corrected chi connectivity index (χ2v) is 6.92. The molecule has 0 aliphatic heterocycles. The van der Waals surface area contributed by atoms with E-state index in [2.05, 4.69) is 62.4 Å². The average Bonchev–Trinajstić information content (AvgIpc) is 2.87. The van der Waals surface area contributed by atoms with Crippen LogP contribution >= 0.6 is 22.9 Å². The first-order valence-electron chi connectivity index (χ1n) is 6.82. The summed E-state index contributed by atoms with van der Waals surface area (Å²) in [4.78, 5) is 1.26. The minimum atomic E-state index is 0.0505. The second kappa shape index (κ2) is 5.59. The van der Waals surface area contributed by atoms with Crippen LogP contribution in [0.3, 0.4) is 0 Å².